The molecule has 340 valence electrons. The highest BCUT2D eigenvalue weighted by molar-refractivity contribution is 5.76. The quantitative estimate of drug-likeness (QED) is 0.0420. The fourth-order valence-electron chi connectivity index (χ4n) is 8.17. The maximum absolute atomic E-state index is 12.4. The van der Waals surface area contributed by atoms with Gasteiger partial charge in [0.1, 0.15) is 0 Å². The molecule has 0 aromatic carbocycles. The molecule has 0 fully saturated rings. The second kappa shape index (κ2) is 47.5. The molecule has 57 heavy (non-hydrogen) atoms. The number of esters is 1. The largest absolute Gasteiger partial charge is 0.466 e. The van der Waals surface area contributed by atoms with Crippen LogP contribution in [0.15, 0.2) is 0 Å². The molecule has 0 aromatic heterocycles. The predicted octanol–water partition coefficient (Wildman–Crippen LogP) is 15.2. The van der Waals surface area contributed by atoms with Gasteiger partial charge in [0.05, 0.1) is 25.4 Å². The van der Waals surface area contributed by atoms with Crippen molar-refractivity contribution in [3.05, 3.63) is 0 Å². The molecule has 0 saturated heterocycles. The number of unbranched alkanes of at least 4 members (excludes halogenated alkanes) is 37. The number of carbonyl (C=O) groups excluding carboxylic acids is 2. The number of amides is 1. The lowest BCUT2D eigenvalue weighted by Crippen LogP contribution is -2.45. The van der Waals surface area contributed by atoms with Crippen LogP contribution in [0, 0.1) is 0 Å². The van der Waals surface area contributed by atoms with Gasteiger partial charge in [0.2, 0.25) is 5.91 Å². The highest BCUT2D eigenvalue weighted by Crippen LogP contribution is 2.17. The van der Waals surface area contributed by atoms with Crippen LogP contribution in [0.1, 0.15) is 290 Å². The van der Waals surface area contributed by atoms with E-state index in [2.05, 4.69) is 19.2 Å². The second-order valence-electron chi connectivity index (χ2n) is 17.9. The third kappa shape index (κ3) is 44.2. The molecule has 0 aliphatic carbocycles. The first kappa shape index (κ1) is 55.9. The maximum Gasteiger partial charge on any atom is 0.305 e. The first-order chi connectivity index (χ1) is 28.0. The molecule has 6 heteroatoms. The molecule has 1 amide bonds. The van der Waals surface area contributed by atoms with E-state index in [1.807, 2.05) is 0 Å². The molecule has 0 saturated carbocycles. The number of hydrogen-bond acceptors (Lipinski definition) is 5. The SMILES string of the molecule is CCCCCCCCCCCCCCCC(=O)OCCCCCCCCCCCCCCCCCCC(=O)NC(CO)C(O)CCCCCCCCCCCCC. The number of aliphatic hydroxyl groups is 2. The third-order valence-electron chi connectivity index (χ3n) is 12.2. The smallest absolute Gasteiger partial charge is 0.305 e. The number of rotatable bonds is 48. The van der Waals surface area contributed by atoms with Crippen molar-refractivity contribution in [3.8, 4) is 0 Å². The van der Waals surface area contributed by atoms with E-state index in [1.165, 1.54) is 212 Å². The van der Waals surface area contributed by atoms with Crippen LogP contribution < -0.4 is 5.32 Å². The zero-order valence-corrected chi connectivity index (χ0v) is 38.6. The van der Waals surface area contributed by atoms with Crippen LogP contribution in [0.3, 0.4) is 0 Å². The lowest BCUT2D eigenvalue weighted by atomic mass is 10.0. The van der Waals surface area contributed by atoms with Gasteiger partial charge in [0.15, 0.2) is 0 Å². The van der Waals surface area contributed by atoms with Crippen molar-refractivity contribution in [3.63, 3.8) is 0 Å². The van der Waals surface area contributed by atoms with E-state index in [9.17, 15) is 19.8 Å². The van der Waals surface area contributed by atoms with Crippen molar-refractivity contribution in [1.82, 2.24) is 5.32 Å². The lowest BCUT2D eigenvalue weighted by Gasteiger charge is -2.22. The van der Waals surface area contributed by atoms with Crippen LogP contribution in [0.2, 0.25) is 0 Å². The predicted molar refractivity (Wildman–Crippen MR) is 246 cm³/mol. The molecular formula is C51H101NO5. The fourth-order valence-corrected chi connectivity index (χ4v) is 8.17. The van der Waals surface area contributed by atoms with Crippen molar-refractivity contribution in [2.24, 2.45) is 0 Å². The summed E-state index contributed by atoms with van der Waals surface area (Å²) in [6.45, 7) is 4.94. The van der Waals surface area contributed by atoms with Gasteiger partial charge in [-0.15, -0.1) is 0 Å². The Morgan fingerprint density at radius 3 is 1.07 bits per heavy atom. The molecule has 0 aromatic rings. The Hall–Kier alpha value is -1.14. The lowest BCUT2D eigenvalue weighted by molar-refractivity contribution is -0.143. The van der Waals surface area contributed by atoms with Crippen LogP contribution in [-0.4, -0.2) is 47.4 Å². The molecular weight excluding hydrogens is 707 g/mol. The van der Waals surface area contributed by atoms with Crippen molar-refractivity contribution >= 4 is 11.9 Å². The van der Waals surface area contributed by atoms with Crippen molar-refractivity contribution < 1.29 is 24.5 Å². The highest BCUT2D eigenvalue weighted by Gasteiger charge is 2.20. The third-order valence-corrected chi connectivity index (χ3v) is 12.2. The van der Waals surface area contributed by atoms with Gasteiger partial charge in [0, 0.05) is 12.8 Å². The van der Waals surface area contributed by atoms with Gasteiger partial charge in [-0.2, -0.15) is 0 Å². The van der Waals surface area contributed by atoms with E-state index >= 15 is 0 Å². The summed E-state index contributed by atoms with van der Waals surface area (Å²) in [6.07, 6.45) is 52.1. The summed E-state index contributed by atoms with van der Waals surface area (Å²) < 4.78 is 5.46. The Morgan fingerprint density at radius 1 is 0.421 bits per heavy atom. The Kier molecular flexibility index (Phi) is 46.6. The number of ether oxygens (including phenoxy) is 1. The molecule has 2 atom stereocenters. The summed E-state index contributed by atoms with van der Waals surface area (Å²) in [7, 11) is 0. The summed E-state index contributed by atoms with van der Waals surface area (Å²) in [6, 6.07) is -0.543. The van der Waals surface area contributed by atoms with Crippen LogP contribution in [0.4, 0.5) is 0 Å². The topological polar surface area (TPSA) is 95.9 Å². The van der Waals surface area contributed by atoms with Gasteiger partial charge in [-0.25, -0.2) is 0 Å². The second-order valence-corrected chi connectivity index (χ2v) is 17.9. The van der Waals surface area contributed by atoms with Crippen LogP contribution in [0.5, 0.6) is 0 Å². The summed E-state index contributed by atoms with van der Waals surface area (Å²) in [4.78, 5) is 24.4. The maximum atomic E-state index is 12.4. The van der Waals surface area contributed by atoms with Gasteiger partial charge in [-0.05, 0) is 25.7 Å². The number of hydrogen-bond donors (Lipinski definition) is 3. The van der Waals surface area contributed by atoms with Gasteiger partial charge in [-0.3, -0.25) is 9.59 Å². The molecule has 2 unspecified atom stereocenters. The molecule has 0 aliphatic heterocycles. The Balaban J connectivity index is 3.39. The van der Waals surface area contributed by atoms with Crippen molar-refractivity contribution in [2.75, 3.05) is 13.2 Å². The van der Waals surface area contributed by atoms with E-state index in [1.54, 1.807) is 0 Å². The average molecular weight is 808 g/mol. The van der Waals surface area contributed by atoms with Crippen molar-refractivity contribution in [1.29, 1.82) is 0 Å². The Bertz CT molecular complexity index is 806. The standard InChI is InChI=1S/C51H101NO5/c1-3-5-7-9-11-13-15-20-25-29-33-37-41-45-51(56)57-46-42-38-34-30-26-22-19-17-16-18-21-24-28-32-36-40-44-50(55)52-48(47-53)49(54)43-39-35-31-27-23-14-12-10-8-6-4-2/h48-49,53-54H,3-47H2,1-2H3,(H,52,55). The van der Waals surface area contributed by atoms with E-state index in [4.69, 9.17) is 4.74 Å². The number of aliphatic hydroxyl groups excluding tert-OH is 2. The Labute approximate surface area is 356 Å². The number of carbonyl (C=O) groups is 2. The van der Waals surface area contributed by atoms with Gasteiger partial charge < -0.3 is 20.3 Å². The minimum absolute atomic E-state index is 0.00501. The fraction of sp³-hybridized carbons (Fsp3) is 0.961. The molecule has 0 bridgehead atoms. The molecule has 0 spiro atoms. The number of nitrogens with one attached hydrogen (secondary N) is 1. The van der Waals surface area contributed by atoms with Crippen LogP contribution in [0.25, 0.3) is 0 Å². The van der Waals surface area contributed by atoms with Gasteiger partial charge >= 0.3 is 5.97 Å². The van der Waals surface area contributed by atoms with Crippen LogP contribution >= 0.6 is 0 Å². The van der Waals surface area contributed by atoms with E-state index in [-0.39, 0.29) is 18.5 Å². The zero-order valence-electron chi connectivity index (χ0n) is 38.6. The normalized spacial score (nSPS) is 12.6. The molecule has 0 rings (SSSR count). The molecule has 0 heterocycles. The van der Waals surface area contributed by atoms with E-state index in [0.717, 1.165) is 44.9 Å². The average Bonchev–Trinajstić information content (AvgIpc) is 3.21. The van der Waals surface area contributed by atoms with Crippen molar-refractivity contribution in [2.45, 2.75) is 302 Å². The highest BCUT2D eigenvalue weighted by atomic mass is 16.5. The summed E-state index contributed by atoms with van der Waals surface area (Å²) in [5, 5.41) is 23.1. The van der Waals surface area contributed by atoms with E-state index < -0.39 is 12.1 Å². The summed E-state index contributed by atoms with van der Waals surface area (Å²) in [5.74, 6) is -0.0366. The van der Waals surface area contributed by atoms with Crippen LogP contribution in [-0.2, 0) is 14.3 Å². The molecule has 6 nitrogen and oxygen atoms in total. The Morgan fingerprint density at radius 2 is 0.719 bits per heavy atom. The molecule has 0 aliphatic rings. The minimum atomic E-state index is -0.665. The summed E-state index contributed by atoms with van der Waals surface area (Å²) in [5.41, 5.74) is 0. The molecule has 0 radical (unpaired) electrons. The van der Waals surface area contributed by atoms with E-state index in [0.29, 0.717) is 25.9 Å². The molecule has 3 N–H and O–H groups in total. The summed E-state index contributed by atoms with van der Waals surface area (Å²) >= 11 is 0. The first-order valence-electron chi connectivity index (χ1n) is 25.8. The van der Waals surface area contributed by atoms with Gasteiger partial charge in [-0.1, -0.05) is 251 Å². The minimum Gasteiger partial charge on any atom is -0.466 e. The zero-order chi connectivity index (χ0) is 41.5. The monoisotopic (exact) mass is 808 g/mol. The first-order valence-corrected chi connectivity index (χ1v) is 25.8. The van der Waals surface area contributed by atoms with Gasteiger partial charge in [0.25, 0.3) is 0 Å².